The van der Waals surface area contributed by atoms with E-state index in [9.17, 15) is 13.2 Å². The Labute approximate surface area is 159 Å². The van der Waals surface area contributed by atoms with E-state index >= 15 is 0 Å². The van der Waals surface area contributed by atoms with Gasteiger partial charge in [0, 0.05) is 16.3 Å². The van der Waals surface area contributed by atoms with Crippen molar-refractivity contribution in [1.82, 2.24) is 4.98 Å². The van der Waals surface area contributed by atoms with Crippen LogP contribution in [0.3, 0.4) is 0 Å². The molecule has 0 saturated carbocycles. The summed E-state index contributed by atoms with van der Waals surface area (Å²) in [4.78, 5) is 17.4. The van der Waals surface area contributed by atoms with Crippen molar-refractivity contribution in [3.05, 3.63) is 64.1 Å². The fourth-order valence-electron chi connectivity index (χ4n) is 2.26. The highest BCUT2D eigenvalue weighted by Gasteiger charge is 2.17. The number of nitrogens with one attached hydrogen (secondary N) is 1. The van der Waals surface area contributed by atoms with Crippen molar-refractivity contribution in [2.24, 2.45) is 5.14 Å². The molecule has 0 aliphatic carbocycles. The number of primary sulfonamides is 1. The SMILES string of the molecule is Cc1nc(-c2ccc(Cl)cc2)sc1C(=O)Nc1cccc(S(N)(=O)=O)c1. The number of carbonyl (C=O) groups is 1. The maximum atomic E-state index is 12.6. The molecule has 0 aliphatic heterocycles. The second-order valence-corrected chi connectivity index (χ2v) is 8.46. The molecule has 3 rings (SSSR count). The van der Waals surface area contributed by atoms with Crippen molar-refractivity contribution in [3.8, 4) is 10.6 Å². The average molecular weight is 408 g/mol. The van der Waals surface area contributed by atoms with Gasteiger partial charge in [0.25, 0.3) is 5.91 Å². The van der Waals surface area contributed by atoms with Crippen LogP contribution in [-0.2, 0) is 10.0 Å². The summed E-state index contributed by atoms with van der Waals surface area (Å²) in [5.74, 6) is -0.369. The number of halogens is 1. The molecular weight excluding hydrogens is 394 g/mol. The van der Waals surface area contributed by atoms with Crippen molar-refractivity contribution in [2.75, 3.05) is 5.32 Å². The zero-order chi connectivity index (χ0) is 18.9. The quantitative estimate of drug-likeness (QED) is 0.688. The molecule has 0 unspecified atom stereocenters. The molecule has 1 amide bonds. The first kappa shape index (κ1) is 18.5. The molecule has 0 bridgehead atoms. The standard InChI is InChI=1S/C17H14ClN3O3S2/c1-10-15(25-17(20-10)11-5-7-12(18)8-6-11)16(22)21-13-3-2-4-14(9-13)26(19,23)24/h2-9H,1H3,(H,21,22)(H2,19,23,24). The molecule has 1 aromatic heterocycles. The highest BCUT2D eigenvalue weighted by Crippen LogP contribution is 2.29. The number of amides is 1. The fraction of sp³-hybridized carbons (Fsp3) is 0.0588. The van der Waals surface area contributed by atoms with E-state index in [-0.39, 0.29) is 10.8 Å². The highest BCUT2D eigenvalue weighted by atomic mass is 35.5. The van der Waals surface area contributed by atoms with Crippen LogP contribution in [0.4, 0.5) is 5.69 Å². The van der Waals surface area contributed by atoms with Crippen LogP contribution in [0, 0.1) is 6.92 Å². The molecule has 0 spiro atoms. The van der Waals surface area contributed by atoms with Crippen LogP contribution in [0.1, 0.15) is 15.4 Å². The van der Waals surface area contributed by atoms with Gasteiger partial charge in [0.15, 0.2) is 0 Å². The Kier molecular flexibility index (Phi) is 5.10. The van der Waals surface area contributed by atoms with E-state index in [0.717, 1.165) is 5.56 Å². The fourth-order valence-corrected chi connectivity index (χ4v) is 3.91. The van der Waals surface area contributed by atoms with E-state index in [1.165, 1.54) is 29.5 Å². The van der Waals surface area contributed by atoms with E-state index in [0.29, 0.717) is 26.3 Å². The number of aryl methyl sites for hydroxylation is 1. The summed E-state index contributed by atoms with van der Waals surface area (Å²) in [6.07, 6.45) is 0. The number of aromatic nitrogens is 1. The number of nitrogens with zero attached hydrogens (tertiary/aromatic N) is 1. The van der Waals surface area contributed by atoms with Crippen LogP contribution >= 0.6 is 22.9 Å². The van der Waals surface area contributed by atoms with E-state index in [1.807, 2.05) is 12.1 Å². The molecule has 3 aromatic rings. The molecule has 0 fully saturated rings. The van der Waals surface area contributed by atoms with Crippen LogP contribution in [0.25, 0.3) is 10.6 Å². The van der Waals surface area contributed by atoms with Crippen LogP contribution in [0.5, 0.6) is 0 Å². The Morgan fingerprint density at radius 1 is 1.19 bits per heavy atom. The van der Waals surface area contributed by atoms with E-state index in [2.05, 4.69) is 10.3 Å². The summed E-state index contributed by atoms with van der Waals surface area (Å²) in [7, 11) is -3.84. The largest absolute Gasteiger partial charge is 0.321 e. The van der Waals surface area contributed by atoms with Gasteiger partial charge in [-0.25, -0.2) is 18.5 Å². The Morgan fingerprint density at radius 2 is 1.88 bits per heavy atom. The summed E-state index contributed by atoms with van der Waals surface area (Å²) in [5, 5.41) is 9.11. The first-order valence-corrected chi connectivity index (χ1v) is 10.2. The van der Waals surface area contributed by atoms with E-state index in [4.69, 9.17) is 16.7 Å². The summed E-state index contributed by atoms with van der Waals surface area (Å²) >= 11 is 7.13. The Morgan fingerprint density at radius 3 is 2.54 bits per heavy atom. The Hall–Kier alpha value is -2.26. The molecule has 2 aromatic carbocycles. The molecular formula is C17H14ClN3O3S2. The summed E-state index contributed by atoms with van der Waals surface area (Å²) < 4.78 is 22.9. The number of hydrogen-bond acceptors (Lipinski definition) is 5. The zero-order valence-corrected chi connectivity index (χ0v) is 16.0. The molecule has 26 heavy (non-hydrogen) atoms. The lowest BCUT2D eigenvalue weighted by molar-refractivity contribution is 0.102. The summed E-state index contributed by atoms with van der Waals surface area (Å²) in [6, 6.07) is 12.9. The number of benzene rings is 2. The highest BCUT2D eigenvalue weighted by molar-refractivity contribution is 7.89. The number of sulfonamides is 1. The van der Waals surface area contributed by atoms with Gasteiger partial charge in [-0.05, 0) is 37.3 Å². The van der Waals surface area contributed by atoms with Crippen molar-refractivity contribution in [1.29, 1.82) is 0 Å². The van der Waals surface area contributed by atoms with E-state index < -0.39 is 10.0 Å². The molecule has 9 heteroatoms. The molecule has 0 atom stereocenters. The zero-order valence-electron chi connectivity index (χ0n) is 13.6. The smallest absolute Gasteiger partial charge is 0.267 e. The topological polar surface area (TPSA) is 102 Å². The first-order chi connectivity index (χ1) is 12.2. The number of carbonyl (C=O) groups excluding carboxylic acids is 1. The van der Waals surface area contributed by atoms with Gasteiger partial charge in [-0.1, -0.05) is 29.8 Å². The predicted octanol–water partition coefficient (Wildman–Crippen LogP) is 3.67. The number of nitrogens with two attached hydrogens (primary N) is 1. The van der Waals surface area contributed by atoms with Gasteiger partial charge in [-0.15, -0.1) is 11.3 Å². The van der Waals surface area contributed by atoms with Crippen LogP contribution in [-0.4, -0.2) is 19.3 Å². The second-order valence-electron chi connectivity index (χ2n) is 5.47. The minimum absolute atomic E-state index is 0.0711. The molecule has 0 saturated heterocycles. The third-order valence-corrected chi connectivity index (χ3v) is 5.88. The van der Waals surface area contributed by atoms with Crippen molar-refractivity contribution in [3.63, 3.8) is 0 Å². The van der Waals surface area contributed by atoms with Gasteiger partial charge >= 0.3 is 0 Å². The lowest BCUT2D eigenvalue weighted by Gasteiger charge is -2.05. The van der Waals surface area contributed by atoms with Crippen LogP contribution in [0.15, 0.2) is 53.4 Å². The van der Waals surface area contributed by atoms with Crippen LogP contribution in [0.2, 0.25) is 5.02 Å². The monoisotopic (exact) mass is 407 g/mol. The molecule has 134 valence electrons. The van der Waals surface area contributed by atoms with Gasteiger partial charge < -0.3 is 5.32 Å². The minimum atomic E-state index is -3.84. The minimum Gasteiger partial charge on any atom is -0.321 e. The molecule has 0 aliphatic rings. The number of thiazole rings is 1. The maximum Gasteiger partial charge on any atom is 0.267 e. The van der Waals surface area contributed by atoms with Crippen LogP contribution < -0.4 is 10.5 Å². The van der Waals surface area contributed by atoms with Gasteiger partial charge in [-0.2, -0.15) is 0 Å². The lowest BCUT2D eigenvalue weighted by Crippen LogP contribution is -2.14. The maximum absolute atomic E-state index is 12.6. The van der Waals surface area contributed by atoms with Gasteiger partial charge in [0.1, 0.15) is 9.88 Å². The van der Waals surface area contributed by atoms with Gasteiger partial charge in [0.2, 0.25) is 10.0 Å². The molecule has 0 radical (unpaired) electrons. The first-order valence-electron chi connectivity index (χ1n) is 7.41. The molecule has 6 nitrogen and oxygen atoms in total. The van der Waals surface area contributed by atoms with Crippen molar-refractivity contribution >= 4 is 44.6 Å². The lowest BCUT2D eigenvalue weighted by atomic mass is 10.2. The third-order valence-electron chi connectivity index (χ3n) is 3.51. The van der Waals surface area contributed by atoms with Crippen molar-refractivity contribution in [2.45, 2.75) is 11.8 Å². The number of anilines is 1. The third kappa shape index (κ3) is 4.10. The predicted molar refractivity (Wildman–Crippen MR) is 103 cm³/mol. The summed E-state index contributed by atoms with van der Waals surface area (Å²) in [5.41, 5.74) is 1.78. The van der Waals surface area contributed by atoms with Gasteiger partial charge in [0.05, 0.1) is 10.6 Å². The van der Waals surface area contributed by atoms with Crippen molar-refractivity contribution < 1.29 is 13.2 Å². The number of rotatable bonds is 4. The molecule has 1 heterocycles. The van der Waals surface area contributed by atoms with Gasteiger partial charge in [-0.3, -0.25) is 4.79 Å². The normalized spacial score (nSPS) is 11.3. The Bertz CT molecular complexity index is 1080. The summed E-state index contributed by atoms with van der Waals surface area (Å²) in [6.45, 7) is 1.74. The Balaban J connectivity index is 1.86. The average Bonchev–Trinajstić information content (AvgIpc) is 2.97. The second kappa shape index (κ2) is 7.16. The number of hydrogen-bond donors (Lipinski definition) is 2. The van der Waals surface area contributed by atoms with E-state index in [1.54, 1.807) is 25.1 Å². The molecule has 3 N–H and O–H groups in total.